The van der Waals surface area contributed by atoms with Gasteiger partial charge in [-0.3, -0.25) is 4.79 Å². The van der Waals surface area contributed by atoms with E-state index in [1.807, 2.05) is 0 Å². The number of carbonyl (C=O) groups is 2. The number of hydrogen-bond acceptors (Lipinski definition) is 4. The van der Waals surface area contributed by atoms with Gasteiger partial charge >= 0.3 is 6.09 Å². The molecule has 0 spiro atoms. The van der Waals surface area contributed by atoms with E-state index in [9.17, 15) is 14.0 Å². The Labute approximate surface area is 138 Å². The van der Waals surface area contributed by atoms with Crippen LogP contribution in [0.25, 0.3) is 0 Å². The van der Waals surface area contributed by atoms with E-state index in [0.29, 0.717) is 5.69 Å². The van der Waals surface area contributed by atoms with Gasteiger partial charge in [0.2, 0.25) is 5.91 Å². The monoisotopic (exact) mass is 344 g/mol. The molecule has 2 rings (SSSR count). The SMILES string of the molecule is CC(C)(C)OC(=O)NCC(=O)N1CCOc2c1ccc(F)c2Cl. The minimum Gasteiger partial charge on any atom is -0.488 e. The quantitative estimate of drug-likeness (QED) is 0.895. The summed E-state index contributed by atoms with van der Waals surface area (Å²) in [5, 5.41) is 2.23. The zero-order valence-electron chi connectivity index (χ0n) is 13.1. The van der Waals surface area contributed by atoms with Crippen LogP contribution in [0.15, 0.2) is 12.1 Å². The van der Waals surface area contributed by atoms with Crippen molar-refractivity contribution in [1.29, 1.82) is 0 Å². The Kier molecular flexibility index (Phi) is 4.99. The topological polar surface area (TPSA) is 67.9 Å². The lowest BCUT2D eigenvalue weighted by atomic mass is 10.2. The van der Waals surface area contributed by atoms with Crippen LogP contribution >= 0.6 is 11.6 Å². The average molecular weight is 345 g/mol. The average Bonchev–Trinajstić information content (AvgIpc) is 2.46. The third-order valence-corrected chi connectivity index (χ3v) is 3.32. The first-order valence-corrected chi connectivity index (χ1v) is 7.45. The molecule has 0 aromatic heterocycles. The Hall–Kier alpha value is -2.02. The van der Waals surface area contributed by atoms with E-state index in [2.05, 4.69) is 5.32 Å². The molecule has 0 saturated heterocycles. The molecule has 0 atom stereocenters. The lowest BCUT2D eigenvalue weighted by Crippen LogP contribution is -2.45. The highest BCUT2D eigenvalue weighted by atomic mass is 35.5. The van der Waals surface area contributed by atoms with Crippen molar-refractivity contribution in [1.82, 2.24) is 5.32 Å². The largest absolute Gasteiger partial charge is 0.488 e. The number of hydrogen-bond donors (Lipinski definition) is 1. The fraction of sp³-hybridized carbons (Fsp3) is 0.467. The summed E-state index contributed by atoms with van der Waals surface area (Å²) in [5.74, 6) is -0.863. The second-order valence-corrected chi connectivity index (χ2v) is 6.34. The van der Waals surface area contributed by atoms with Crippen LogP contribution in [-0.4, -0.2) is 37.3 Å². The number of fused-ring (bicyclic) bond motifs is 1. The van der Waals surface area contributed by atoms with Crippen molar-refractivity contribution < 1.29 is 23.5 Å². The Morgan fingerprint density at radius 2 is 2.13 bits per heavy atom. The summed E-state index contributed by atoms with van der Waals surface area (Å²) in [6.45, 7) is 5.40. The number of rotatable bonds is 2. The number of anilines is 1. The number of carbonyl (C=O) groups excluding carboxylic acids is 2. The number of amides is 2. The van der Waals surface area contributed by atoms with Gasteiger partial charge in [-0.1, -0.05) is 11.6 Å². The summed E-state index contributed by atoms with van der Waals surface area (Å²) >= 11 is 5.85. The van der Waals surface area contributed by atoms with Crippen molar-refractivity contribution in [2.75, 3.05) is 24.6 Å². The molecule has 1 aromatic carbocycles. The fourth-order valence-electron chi connectivity index (χ4n) is 2.05. The molecule has 23 heavy (non-hydrogen) atoms. The maximum absolute atomic E-state index is 13.5. The number of nitrogens with one attached hydrogen (secondary N) is 1. The first-order valence-electron chi connectivity index (χ1n) is 7.07. The van der Waals surface area contributed by atoms with E-state index >= 15 is 0 Å². The zero-order chi connectivity index (χ0) is 17.2. The number of alkyl carbamates (subject to hydrolysis) is 1. The van der Waals surface area contributed by atoms with Crippen LogP contribution in [-0.2, 0) is 9.53 Å². The molecule has 2 amide bonds. The number of benzene rings is 1. The Morgan fingerprint density at radius 1 is 1.43 bits per heavy atom. The highest BCUT2D eigenvalue weighted by Gasteiger charge is 2.27. The lowest BCUT2D eigenvalue weighted by molar-refractivity contribution is -0.118. The predicted octanol–water partition coefficient (Wildman–Crippen LogP) is 2.73. The van der Waals surface area contributed by atoms with Gasteiger partial charge in [-0.2, -0.15) is 0 Å². The normalized spacial score (nSPS) is 13.9. The fourth-order valence-corrected chi connectivity index (χ4v) is 2.26. The molecule has 1 heterocycles. The molecule has 8 heteroatoms. The Balaban J connectivity index is 2.05. The molecule has 126 valence electrons. The number of halogens is 2. The van der Waals surface area contributed by atoms with Gasteiger partial charge in [-0.15, -0.1) is 0 Å². The van der Waals surface area contributed by atoms with Gasteiger partial charge in [0.25, 0.3) is 0 Å². The van der Waals surface area contributed by atoms with Crippen LogP contribution in [0.1, 0.15) is 20.8 Å². The molecule has 1 aliphatic rings. The minimum atomic E-state index is -0.684. The van der Waals surface area contributed by atoms with Gasteiger partial charge in [0.15, 0.2) is 5.75 Å². The minimum absolute atomic E-state index is 0.128. The predicted molar refractivity (Wildman–Crippen MR) is 83.5 cm³/mol. The summed E-state index contributed by atoms with van der Waals surface area (Å²) < 4.78 is 23.8. The molecular weight excluding hydrogens is 327 g/mol. The van der Waals surface area contributed by atoms with Gasteiger partial charge in [0, 0.05) is 0 Å². The summed E-state index contributed by atoms with van der Waals surface area (Å²) in [7, 11) is 0. The van der Waals surface area contributed by atoms with Crippen molar-refractivity contribution in [2.45, 2.75) is 26.4 Å². The maximum Gasteiger partial charge on any atom is 0.408 e. The van der Waals surface area contributed by atoms with Crippen molar-refractivity contribution in [3.63, 3.8) is 0 Å². The summed E-state index contributed by atoms with van der Waals surface area (Å²) in [5.41, 5.74) is -0.275. The van der Waals surface area contributed by atoms with Gasteiger partial charge < -0.3 is 19.7 Å². The summed E-state index contributed by atoms with van der Waals surface area (Å²) in [4.78, 5) is 25.3. The van der Waals surface area contributed by atoms with E-state index in [4.69, 9.17) is 21.1 Å². The van der Waals surface area contributed by atoms with Crippen LogP contribution in [0.3, 0.4) is 0 Å². The van der Waals surface area contributed by atoms with Gasteiger partial charge in [-0.25, -0.2) is 9.18 Å². The summed E-state index contributed by atoms with van der Waals surface area (Å²) in [6.07, 6.45) is -0.684. The van der Waals surface area contributed by atoms with Crippen LogP contribution in [0.5, 0.6) is 5.75 Å². The molecule has 0 unspecified atom stereocenters. The van der Waals surface area contributed by atoms with E-state index in [-0.39, 0.29) is 36.4 Å². The molecule has 0 radical (unpaired) electrons. The van der Waals surface area contributed by atoms with Crippen LogP contribution < -0.4 is 15.0 Å². The Bertz CT molecular complexity index is 631. The molecule has 1 aliphatic heterocycles. The van der Waals surface area contributed by atoms with Crippen LogP contribution in [0, 0.1) is 5.82 Å². The molecule has 1 aromatic rings. The standard InChI is InChI=1S/C15H18ClFN2O4/c1-15(2,3)23-14(21)18-8-11(20)19-6-7-22-13-10(19)5-4-9(17)12(13)16/h4-5H,6-8H2,1-3H3,(H,18,21). The lowest BCUT2D eigenvalue weighted by Gasteiger charge is -2.30. The van der Waals surface area contributed by atoms with Gasteiger partial charge in [0.1, 0.15) is 29.6 Å². The summed E-state index contributed by atoms with van der Waals surface area (Å²) in [6, 6.07) is 2.58. The zero-order valence-corrected chi connectivity index (χ0v) is 13.9. The second kappa shape index (κ2) is 6.62. The first-order chi connectivity index (χ1) is 10.7. The van der Waals surface area contributed by atoms with E-state index in [1.54, 1.807) is 20.8 Å². The molecule has 0 saturated carbocycles. The molecule has 6 nitrogen and oxygen atoms in total. The molecule has 0 aliphatic carbocycles. The highest BCUT2D eigenvalue weighted by Crippen LogP contribution is 2.39. The van der Waals surface area contributed by atoms with Gasteiger partial charge in [0.05, 0.1) is 12.2 Å². The van der Waals surface area contributed by atoms with E-state index in [0.717, 1.165) is 6.07 Å². The smallest absolute Gasteiger partial charge is 0.408 e. The Morgan fingerprint density at radius 3 is 2.78 bits per heavy atom. The van der Waals surface area contributed by atoms with Crippen molar-refractivity contribution in [3.8, 4) is 5.75 Å². The molecule has 0 fully saturated rings. The van der Waals surface area contributed by atoms with Crippen molar-refractivity contribution in [3.05, 3.63) is 23.0 Å². The van der Waals surface area contributed by atoms with E-state index < -0.39 is 17.5 Å². The highest BCUT2D eigenvalue weighted by molar-refractivity contribution is 6.32. The van der Waals surface area contributed by atoms with Crippen LogP contribution in [0.4, 0.5) is 14.9 Å². The third kappa shape index (κ3) is 4.25. The van der Waals surface area contributed by atoms with Crippen LogP contribution in [0.2, 0.25) is 5.02 Å². The maximum atomic E-state index is 13.5. The second-order valence-electron chi connectivity index (χ2n) is 5.96. The number of nitrogens with zero attached hydrogens (tertiary/aromatic N) is 1. The first kappa shape index (κ1) is 17.3. The van der Waals surface area contributed by atoms with Crippen molar-refractivity contribution >= 4 is 29.3 Å². The van der Waals surface area contributed by atoms with Gasteiger partial charge in [-0.05, 0) is 32.9 Å². The van der Waals surface area contributed by atoms with E-state index in [1.165, 1.54) is 11.0 Å². The molecular formula is C15H18ClFN2O4. The number of ether oxygens (including phenoxy) is 2. The third-order valence-electron chi connectivity index (χ3n) is 2.97. The molecule has 1 N–H and O–H groups in total. The molecule has 0 bridgehead atoms. The van der Waals surface area contributed by atoms with Crippen molar-refractivity contribution in [2.24, 2.45) is 0 Å².